The first kappa shape index (κ1) is 23.6. The van der Waals surface area contributed by atoms with Crippen molar-refractivity contribution in [2.45, 2.75) is 36.5 Å². The van der Waals surface area contributed by atoms with Crippen LogP contribution in [0.2, 0.25) is 0 Å². The number of hydrogen-bond acceptors (Lipinski definition) is 8. The number of nitrogens with two attached hydrogens (primary N) is 3. The van der Waals surface area contributed by atoms with Crippen LogP contribution in [0, 0.1) is 10.7 Å². The Morgan fingerprint density at radius 3 is 2.69 bits per heavy atom. The first-order chi connectivity index (χ1) is 15.5. The first-order valence-electron chi connectivity index (χ1n) is 10.1. The smallest absolute Gasteiger partial charge is 0.327 e. The lowest BCUT2D eigenvalue weighted by molar-refractivity contribution is -0.536. The minimum absolute atomic E-state index is 0.0401. The van der Waals surface area contributed by atoms with E-state index >= 15 is 0 Å². The van der Waals surface area contributed by atoms with Crippen LogP contribution in [0.3, 0.4) is 0 Å². The van der Waals surface area contributed by atoms with E-state index in [2.05, 4.69) is 20.9 Å². The minimum Gasteiger partial charge on any atom is -0.327 e. The number of nitroso groups, excluding NO2 is 1. The number of carbonyl (C=O) groups excluding carboxylic acids is 1. The van der Waals surface area contributed by atoms with Gasteiger partial charge in [0.05, 0.1) is 5.56 Å². The minimum atomic E-state index is -0.656. The van der Waals surface area contributed by atoms with Gasteiger partial charge in [-0.05, 0) is 53.8 Å². The van der Waals surface area contributed by atoms with E-state index in [1.807, 2.05) is 0 Å². The highest BCUT2D eigenvalue weighted by Gasteiger charge is 2.22. The van der Waals surface area contributed by atoms with Gasteiger partial charge in [0.25, 0.3) is 5.91 Å². The number of nitrogens with zero attached hydrogens (tertiary/aromatic N) is 3. The maximum absolute atomic E-state index is 14.7. The van der Waals surface area contributed by atoms with Crippen molar-refractivity contribution in [3.63, 3.8) is 0 Å². The van der Waals surface area contributed by atoms with Gasteiger partial charge in [-0.2, -0.15) is 16.0 Å². The Kier molecular flexibility index (Phi) is 8.09. The third-order valence-corrected chi connectivity index (χ3v) is 6.32. The topological polar surface area (TPSA) is 165 Å². The zero-order valence-corrected chi connectivity index (χ0v) is 18.2. The lowest BCUT2D eigenvalue weighted by Gasteiger charge is -2.13. The molecule has 1 amide bonds. The molecule has 8 N–H and O–H groups in total. The number of aromatic nitrogens is 1. The number of halogens is 1. The fraction of sp³-hybridized carbons (Fsp3) is 0.350. The predicted molar refractivity (Wildman–Crippen MR) is 122 cm³/mol. The summed E-state index contributed by atoms with van der Waals surface area (Å²) in [7, 11) is 0. The van der Waals surface area contributed by atoms with Gasteiger partial charge in [0.1, 0.15) is 12.2 Å². The number of hydrazone groups is 1. The first-order valence-corrected chi connectivity index (χ1v) is 11.0. The lowest BCUT2D eigenvalue weighted by Crippen LogP contribution is -2.41. The van der Waals surface area contributed by atoms with Crippen LogP contribution in [0.15, 0.2) is 40.5 Å². The van der Waals surface area contributed by atoms with Crippen molar-refractivity contribution in [1.82, 2.24) is 10.4 Å². The van der Waals surface area contributed by atoms with Crippen LogP contribution >= 0.6 is 11.8 Å². The zero-order chi connectivity index (χ0) is 23.1. The van der Waals surface area contributed by atoms with Crippen molar-refractivity contribution in [3.8, 4) is 0 Å². The van der Waals surface area contributed by atoms with Crippen LogP contribution < -0.4 is 28.2 Å². The molecule has 0 radical (unpaired) electrons. The molecule has 0 unspecified atom stereocenters. The molecule has 2 aromatic rings. The zero-order valence-electron chi connectivity index (χ0n) is 17.4. The van der Waals surface area contributed by atoms with E-state index < -0.39 is 11.7 Å². The Labute approximate surface area is 188 Å². The second-order valence-corrected chi connectivity index (χ2v) is 8.37. The summed E-state index contributed by atoms with van der Waals surface area (Å²) in [4.78, 5) is 28.5. The van der Waals surface area contributed by atoms with Gasteiger partial charge >= 0.3 is 5.17 Å². The molecule has 1 aromatic heterocycles. The average molecular weight is 462 g/mol. The number of amidine groups is 1. The molecule has 1 saturated carbocycles. The predicted octanol–water partition coefficient (Wildman–Crippen LogP) is 2.28. The molecule has 0 saturated heterocycles. The third kappa shape index (κ3) is 5.58. The highest BCUT2D eigenvalue weighted by atomic mass is 32.2. The SMILES string of the molecule is NCC/[N+](N)=C(/NN)Sc1ccc(N=O)cc1C(=O)Nc1ncc(C2CCCC2)cc1F. The number of carbonyl (C=O) groups is 1. The maximum Gasteiger partial charge on any atom is 0.352 e. The molecule has 0 spiro atoms. The van der Waals surface area contributed by atoms with E-state index in [9.17, 15) is 14.1 Å². The van der Waals surface area contributed by atoms with Crippen LogP contribution in [-0.2, 0) is 0 Å². The highest BCUT2D eigenvalue weighted by molar-refractivity contribution is 8.13. The average Bonchev–Trinajstić information content (AvgIpc) is 3.34. The Balaban J connectivity index is 1.86. The molecule has 10 nitrogen and oxygen atoms in total. The molecule has 1 aliphatic rings. The summed E-state index contributed by atoms with van der Waals surface area (Å²) in [6.07, 6.45) is 5.85. The maximum atomic E-state index is 14.7. The third-order valence-electron chi connectivity index (χ3n) is 5.19. The van der Waals surface area contributed by atoms with Crippen LogP contribution in [0.25, 0.3) is 0 Å². The molecule has 12 heteroatoms. The number of anilines is 1. The molecule has 32 heavy (non-hydrogen) atoms. The summed E-state index contributed by atoms with van der Waals surface area (Å²) in [5.41, 5.74) is 8.93. The number of benzene rings is 1. The Morgan fingerprint density at radius 1 is 1.31 bits per heavy atom. The number of hydrazine groups is 2. The van der Waals surface area contributed by atoms with E-state index in [-0.39, 0.29) is 23.6 Å². The van der Waals surface area contributed by atoms with E-state index in [1.165, 1.54) is 28.9 Å². The number of thioether (sulfide) groups is 1. The number of nitrogens with one attached hydrogen (secondary N) is 2. The van der Waals surface area contributed by atoms with E-state index in [0.29, 0.717) is 22.5 Å². The number of hydrogen-bond donors (Lipinski definition) is 5. The Morgan fingerprint density at radius 2 is 2.06 bits per heavy atom. The summed E-state index contributed by atoms with van der Waals surface area (Å²) in [5, 5.41) is 5.67. The molecule has 1 fully saturated rings. The molecule has 0 aliphatic heterocycles. The summed E-state index contributed by atoms with van der Waals surface area (Å²) in [6.45, 7) is 0.593. The molecule has 0 atom stereocenters. The standard InChI is InChI=1S/C20H25FN8O2S/c21-16-9-13(12-3-1-2-4-12)11-25-18(16)26-19(30)15-10-14(28-31)5-6-17(15)32-20(27-23)29(24)8-7-22/h5-6,9-12H,1-4,7-8,22-24H2,(H,25,26,30)/p+1. The van der Waals surface area contributed by atoms with Crippen LogP contribution in [0.1, 0.15) is 47.5 Å². The van der Waals surface area contributed by atoms with Gasteiger partial charge < -0.3 is 11.1 Å². The summed E-state index contributed by atoms with van der Waals surface area (Å²) in [6, 6.07) is 5.69. The van der Waals surface area contributed by atoms with Gasteiger partial charge in [-0.15, -0.1) is 4.91 Å². The molecular weight excluding hydrogens is 435 g/mol. The number of amides is 1. The van der Waals surface area contributed by atoms with E-state index in [1.54, 1.807) is 6.20 Å². The van der Waals surface area contributed by atoms with Gasteiger partial charge in [-0.3, -0.25) is 10.6 Å². The normalized spacial score (nSPS) is 14.7. The van der Waals surface area contributed by atoms with Gasteiger partial charge in [0.2, 0.25) is 0 Å². The van der Waals surface area contributed by atoms with Crippen molar-refractivity contribution < 1.29 is 13.9 Å². The van der Waals surface area contributed by atoms with Gasteiger partial charge in [0, 0.05) is 29.4 Å². The largest absolute Gasteiger partial charge is 0.352 e. The van der Waals surface area contributed by atoms with Crippen LogP contribution in [-0.4, -0.2) is 33.8 Å². The van der Waals surface area contributed by atoms with Crippen LogP contribution in [0.4, 0.5) is 15.9 Å². The van der Waals surface area contributed by atoms with Crippen molar-refractivity contribution in [2.24, 2.45) is 22.6 Å². The number of rotatable bonds is 7. The summed E-state index contributed by atoms with van der Waals surface area (Å²) < 4.78 is 16.0. The highest BCUT2D eigenvalue weighted by Crippen LogP contribution is 2.34. The fourth-order valence-electron chi connectivity index (χ4n) is 3.56. The molecule has 0 bridgehead atoms. The molecule has 170 valence electrons. The van der Waals surface area contributed by atoms with Gasteiger partial charge in [-0.1, -0.05) is 12.8 Å². The Bertz CT molecular complexity index is 1030. The van der Waals surface area contributed by atoms with Crippen molar-refractivity contribution in [3.05, 3.63) is 52.3 Å². The Hall–Kier alpha value is -3.09. The molecule has 1 heterocycles. The van der Waals surface area contributed by atoms with Crippen molar-refractivity contribution in [1.29, 1.82) is 0 Å². The van der Waals surface area contributed by atoms with Crippen LogP contribution in [0.5, 0.6) is 0 Å². The number of pyridine rings is 1. The molecule has 1 aliphatic carbocycles. The van der Waals surface area contributed by atoms with Gasteiger partial charge in [0.15, 0.2) is 11.6 Å². The van der Waals surface area contributed by atoms with Gasteiger partial charge in [-0.25, -0.2) is 9.37 Å². The second kappa shape index (κ2) is 11.0. The lowest BCUT2D eigenvalue weighted by atomic mass is 9.99. The van der Waals surface area contributed by atoms with Crippen molar-refractivity contribution >= 4 is 34.3 Å². The van der Waals surface area contributed by atoms with E-state index in [0.717, 1.165) is 43.0 Å². The summed E-state index contributed by atoms with van der Waals surface area (Å²) >= 11 is 1.05. The molecule has 1 aromatic carbocycles. The van der Waals surface area contributed by atoms with Crippen molar-refractivity contribution in [2.75, 3.05) is 18.4 Å². The molecule has 3 rings (SSSR count). The van der Waals surface area contributed by atoms with E-state index in [4.69, 9.17) is 17.4 Å². The summed E-state index contributed by atoms with van der Waals surface area (Å²) in [5.74, 6) is 10.3. The molecular formula is C20H26FN8O2S+. The quantitative estimate of drug-likeness (QED) is 0.0797. The fourth-order valence-corrected chi connectivity index (χ4v) is 4.43. The monoisotopic (exact) mass is 461 g/mol. The second-order valence-electron chi connectivity index (χ2n) is 7.34.